The van der Waals surface area contributed by atoms with Gasteiger partial charge >= 0.3 is 175 Å². The van der Waals surface area contributed by atoms with Crippen molar-refractivity contribution in [1.29, 1.82) is 0 Å². The Balaban J connectivity index is 0.000000223. The number of nitrogens with zero attached hydrogens (tertiary/aromatic N) is 16. The van der Waals surface area contributed by atoms with Crippen molar-refractivity contribution in [2.24, 2.45) is 0 Å². The van der Waals surface area contributed by atoms with Crippen LogP contribution in [0.3, 0.4) is 0 Å². The van der Waals surface area contributed by atoms with E-state index < -0.39 is 13.6 Å². The molecule has 0 aliphatic heterocycles. The van der Waals surface area contributed by atoms with E-state index in [0.29, 0.717) is 24.2 Å². The van der Waals surface area contributed by atoms with Crippen LogP contribution in [0.5, 0.6) is 0 Å². The molecule has 0 atom stereocenters. The van der Waals surface area contributed by atoms with Crippen LogP contribution in [0.4, 0.5) is 0 Å². The van der Waals surface area contributed by atoms with Gasteiger partial charge in [-0.1, -0.05) is 41.7 Å². The van der Waals surface area contributed by atoms with Crippen LogP contribution in [-0.2, 0) is 22.4 Å². The Hall–Kier alpha value is -5.54. The molecule has 0 aliphatic carbocycles. The maximum atomic E-state index is 3.62. The van der Waals surface area contributed by atoms with Crippen LogP contribution < -0.4 is 17.4 Å². The van der Waals surface area contributed by atoms with Crippen LogP contribution in [0.15, 0.2) is 121 Å². The van der Waals surface area contributed by atoms with Gasteiger partial charge in [0.2, 0.25) is 0 Å². The first-order chi connectivity index (χ1) is 27.6. The van der Waals surface area contributed by atoms with Gasteiger partial charge in [0.05, 0.1) is 0 Å². The monoisotopic (exact) mass is 1020 g/mol. The van der Waals surface area contributed by atoms with E-state index in [1.54, 1.807) is 18.7 Å². The normalized spacial score (nSPS) is 10.6. The quantitative estimate of drug-likeness (QED) is 0.161. The molecule has 4 aromatic heterocycles. The molecule has 0 saturated carbocycles. The second kappa shape index (κ2) is 25.0. The molecule has 4 heterocycles. The minimum absolute atomic E-state index is 0. The van der Waals surface area contributed by atoms with Gasteiger partial charge in [0.15, 0.2) is 0 Å². The number of hydrogen-bond acceptors (Lipinski definition) is 12. The molecule has 8 rings (SSSR count). The molecule has 0 saturated heterocycles. The van der Waals surface area contributed by atoms with Crippen molar-refractivity contribution in [3.63, 3.8) is 0 Å². The van der Waals surface area contributed by atoms with E-state index in [1.807, 2.05) is 55.4 Å². The zero-order valence-electron chi connectivity index (χ0n) is 33.8. The first kappa shape index (κ1) is 46.8. The van der Waals surface area contributed by atoms with Gasteiger partial charge in [-0.3, -0.25) is 0 Å². The van der Waals surface area contributed by atoms with Gasteiger partial charge < -0.3 is 39.1 Å². The predicted molar refractivity (Wildman–Crippen MR) is 218 cm³/mol. The molecule has 304 valence electrons. The standard InChI is InChI=1S/C24H20As.4C4H7N4.Au/c1-5-13-21(14-6-1)25(22-15-7-2-8-16-22,23-17-9-3-10-18-23)24-19-11-4-12-20-24;4*1-4(2)8-3-5-6-7-8;/h1-20H;4*4H,1-2H3;/q+1;4*-1;+3. The molecule has 0 N–H and O–H groups in total. The topological polar surface area (TPSA) is 174 Å². The first-order valence-corrected chi connectivity index (χ1v) is 22.1. The van der Waals surface area contributed by atoms with Crippen molar-refractivity contribution < 1.29 is 22.4 Å². The molecular weight excluding hydrogens is 976 g/mol. The summed E-state index contributed by atoms with van der Waals surface area (Å²) in [5.74, 6) is 0. The number of benzene rings is 4. The Morgan fingerprint density at radius 3 is 0.655 bits per heavy atom. The Bertz CT molecular complexity index is 1820. The molecular formula is C40H48AsAuN16. The van der Waals surface area contributed by atoms with Gasteiger partial charge in [0.1, 0.15) is 0 Å². The summed E-state index contributed by atoms with van der Waals surface area (Å²) in [4.78, 5) is 0. The molecule has 0 fully saturated rings. The van der Waals surface area contributed by atoms with Crippen LogP contribution in [0.25, 0.3) is 0 Å². The van der Waals surface area contributed by atoms with Crippen molar-refractivity contribution in [2.75, 3.05) is 0 Å². The number of hydrogen-bond donors (Lipinski definition) is 0. The molecule has 58 heavy (non-hydrogen) atoms. The van der Waals surface area contributed by atoms with E-state index in [-0.39, 0.29) is 22.4 Å². The third-order valence-corrected chi connectivity index (χ3v) is 16.8. The summed E-state index contributed by atoms with van der Waals surface area (Å²) >= 11 is -2.77. The van der Waals surface area contributed by atoms with Gasteiger partial charge in [0.25, 0.3) is 0 Å². The number of aromatic nitrogens is 16. The molecule has 18 heteroatoms. The summed E-state index contributed by atoms with van der Waals surface area (Å²) < 4.78 is 12.1. The van der Waals surface area contributed by atoms with Crippen molar-refractivity contribution in [3.05, 3.63) is 147 Å². The van der Waals surface area contributed by atoms with Crippen LogP contribution in [0.2, 0.25) is 0 Å². The van der Waals surface area contributed by atoms with Gasteiger partial charge in [0, 0.05) is 24.2 Å². The van der Waals surface area contributed by atoms with Crippen LogP contribution >= 0.6 is 0 Å². The zero-order valence-corrected chi connectivity index (χ0v) is 37.8. The molecule has 0 aliphatic rings. The second-order valence-electron chi connectivity index (χ2n) is 13.3. The average molecular weight is 1020 g/mol. The Morgan fingerprint density at radius 1 is 0.345 bits per heavy atom. The van der Waals surface area contributed by atoms with Gasteiger partial charge in [-0.05, 0) is 55.4 Å². The Labute approximate surface area is 358 Å². The van der Waals surface area contributed by atoms with E-state index in [9.17, 15) is 0 Å². The Morgan fingerprint density at radius 2 is 0.534 bits per heavy atom. The van der Waals surface area contributed by atoms with Crippen molar-refractivity contribution in [2.45, 2.75) is 79.6 Å². The van der Waals surface area contributed by atoms with E-state index >= 15 is 0 Å². The fourth-order valence-corrected chi connectivity index (χ4v) is 13.9. The van der Waals surface area contributed by atoms with Crippen LogP contribution in [0, 0.1) is 25.3 Å². The number of tetrazole rings is 4. The van der Waals surface area contributed by atoms with E-state index in [2.05, 4.69) is 209 Å². The van der Waals surface area contributed by atoms with E-state index in [0.717, 1.165) is 0 Å². The summed E-state index contributed by atoms with van der Waals surface area (Å²) in [6.45, 7) is 15.9. The van der Waals surface area contributed by atoms with Gasteiger partial charge in [-0.25, -0.2) is 25.3 Å². The van der Waals surface area contributed by atoms with Gasteiger partial charge in [-0.2, -0.15) is 0 Å². The van der Waals surface area contributed by atoms with Crippen molar-refractivity contribution in [3.8, 4) is 0 Å². The van der Waals surface area contributed by atoms with Gasteiger partial charge in [-0.15, -0.1) is 0 Å². The molecule has 0 spiro atoms. The summed E-state index contributed by atoms with van der Waals surface area (Å²) in [6.07, 6.45) is 10.3. The molecule has 0 radical (unpaired) electrons. The van der Waals surface area contributed by atoms with Crippen LogP contribution in [-0.4, -0.2) is 94.4 Å². The summed E-state index contributed by atoms with van der Waals surface area (Å²) in [7, 11) is 0. The SMILES string of the molecule is CC(C)n1[c-]nnn1.CC(C)n1[c-]nnn1.CC(C)n1[c-]nnn1.CC(C)n1[c-]nnn1.[Au+3].c1ccc([As+](c2ccccc2)(c2ccccc2)c2ccccc2)cc1. The molecule has 8 aromatic rings. The summed E-state index contributed by atoms with van der Waals surface area (Å²) in [5.41, 5.74) is 0. The molecule has 16 nitrogen and oxygen atoms in total. The van der Waals surface area contributed by atoms with E-state index in [4.69, 9.17) is 0 Å². The summed E-state index contributed by atoms with van der Waals surface area (Å²) in [5, 5.41) is 41.5. The minimum atomic E-state index is -2.77. The second-order valence-corrected chi connectivity index (χ2v) is 20.4. The molecule has 4 aromatic carbocycles. The predicted octanol–water partition coefficient (Wildman–Crippen LogP) is 3.28. The molecule has 0 bridgehead atoms. The first-order valence-electron chi connectivity index (χ1n) is 18.4. The fourth-order valence-electron chi connectivity index (χ4n) is 4.97. The van der Waals surface area contributed by atoms with Crippen LogP contribution in [0.1, 0.15) is 79.6 Å². The Kier molecular flexibility index (Phi) is 20.2. The third kappa shape index (κ3) is 13.8. The molecule has 0 unspecified atom stereocenters. The third-order valence-electron chi connectivity index (χ3n) is 7.84. The maximum absolute atomic E-state index is 3.62. The molecule has 0 amide bonds. The van der Waals surface area contributed by atoms with E-state index in [1.165, 1.54) is 17.4 Å². The summed E-state index contributed by atoms with van der Waals surface area (Å²) in [6, 6.07) is 45.4. The van der Waals surface area contributed by atoms with Crippen molar-refractivity contribution in [1.82, 2.24) is 80.8 Å². The fraction of sp³-hybridized carbons (Fsp3) is 0.300. The zero-order chi connectivity index (χ0) is 40.9. The van der Waals surface area contributed by atoms with Crippen molar-refractivity contribution >= 4 is 31.0 Å². The number of rotatable bonds is 8. The average Bonchev–Trinajstić information content (AvgIpc) is 4.10.